The minimum absolute atomic E-state index is 0.00873. The third-order valence-electron chi connectivity index (χ3n) is 2.68. The molecule has 0 radical (unpaired) electrons. The summed E-state index contributed by atoms with van der Waals surface area (Å²) in [6.45, 7) is 0. The molecule has 14 heavy (non-hydrogen) atoms. The van der Waals surface area contributed by atoms with Crippen LogP contribution in [0.1, 0.15) is 32.1 Å². The van der Waals surface area contributed by atoms with Gasteiger partial charge in [-0.1, -0.05) is 49.3 Å². The molecule has 1 N–H and O–H groups in total. The summed E-state index contributed by atoms with van der Waals surface area (Å²) in [5.41, 5.74) is 0. The van der Waals surface area contributed by atoms with Crippen LogP contribution in [0.2, 0.25) is 0 Å². The minimum Gasteiger partial charge on any atom is -0.307 e. The number of allylic oxidation sites excluding steroid dienone is 1. The molecule has 0 aromatic rings. The van der Waals surface area contributed by atoms with Crippen molar-refractivity contribution in [3.8, 4) is 0 Å². The molecule has 1 saturated carbocycles. The Morgan fingerprint density at radius 3 is 2.64 bits per heavy atom. The van der Waals surface area contributed by atoms with Crippen molar-refractivity contribution >= 4 is 34.2 Å². The van der Waals surface area contributed by atoms with Gasteiger partial charge in [0.05, 0.1) is 4.91 Å². The van der Waals surface area contributed by atoms with Gasteiger partial charge in [-0.15, -0.1) is 0 Å². The second-order valence-electron chi connectivity index (χ2n) is 3.77. The summed E-state index contributed by atoms with van der Waals surface area (Å²) in [4.78, 5) is 12.2. The Morgan fingerprint density at radius 2 is 2.07 bits per heavy atom. The van der Waals surface area contributed by atoms with Gasteiger partial charge in [-0.05, 0) is 18.8 Å². The van der Waals surface area contributed by atoms with Gasteiger partial charge in [-0.2, -0.15) is 0 Å². The molecular formula is C10H13NOS2. The summed E-state index contributed by atoms with van der Waals surface area (Å²) in [7, 11) is 0. The van der Waals surface area contributed by atoms with Gasteiger partial charge >= 0.3 is 0 Å². The monoisotopic (exact) mass is 227 g/mol. The number of rotatable bonds is 1. The van der Waals surface area contributed by atoms with Crippen molar-refractivity contribution < 1.29 is 4.79 Å². The first kappa shape index (κ1) is 10.2. The summed E-state index contributed by atoms with van der Waals surface area (Å²) in [6.07, 6.45) is 8.50. The summed E-state index contributed by atoms with van der Waals surface area (Å²) >= 11 is 6.33. The fraction of sp³-hybridized carbons (Fsp3) is 0.600. The number of amides is 1. The molecule has 2 nitrogen and oxygen atoms in total. The van der Waals surface area contributed by atoms with Crippen LogP contribution in [0.5, 0.6) is 0 Å². The molecule has 0 aromatic heterocycles. The molecule has 0 bridgehead atoms. The van der Waals surface area contributed by atoms with E-state index in [4.69, 9.17) is 12.2 Å². The van der Waals surface area contributed by atoms with Gasteiger partial charge < -0.3 is 5.32 Å². The zero-order valence-corrected chi connectivity index (χ0v) is 9.55. The highest BCUT2D eigenvalue weighted by Crippen LogP contribution is 2.30. The lowest BCUT2D eigenvalue weighted by atomic mass is 9.89. The number of thiocarbonyl (C=S) groups is 1. The Balaban J connectivity index is 2.02. The third kappa shape index (κ3) is 2.36. The first-order valence-corrected chi connectivity index (χ1v) is 6.23. The Bertz CT molecular complexity index is 292. The van der Waals surface area contributed by atoms with Crippen LogP contribution in [0.25, 0.3) is 0 Å². The molecule has 0 unspecified atom stereocenters. The smallest absolute Gasteiger partial charge is 0.263 e. The lowest BCUT2D eigenvalue weighted by molar-refractivity contribution is -0.115. The van der Waals surface area contributed by atoms with E-state index in [0.717, 1.165) is 4.91 Å². The molecule has 4 heteroatoms. The van der Waals surface area contributed by atoms with E-state index >= 15 is 0 Å². The summed E-state index contributed by atoms with van der Waals surface area (Å²) in [5, 5.41) is 2.64. The van der Waals surface area contributed by atoms with Crippen LogP contribution >= 0.6 is 24.0 Å². The Kier molecular flexibility index (Phi) is 3.23. The number of hydrogen-bond acceptors (Lipinski definition) is 3. The van der Waals surface area contributed by atoms with Gasteiger partial charge in [0.25, 0.3) is 5.91 Å². The summed E-state index contributed by atoms with van der Waals surface area (Å²) < 4.78 is 0.594. The van der Waals surface area contributed by atoms with Crippen LogP contribution in [0.3, 0.4) is 0 Å². The quantitative estimate of drug-likeness (QED) is 0.551. The van der Waals surface area contributed by atoms with Crippen molar-refractivity contribution in [1.29, 1.82) is 0 Å². The van der Waals surface area contributed by atoms with E-state index in [1.807, 2.05) is 0 Å². The number of nitrogens with one attached hydrogen (secondary N) is 1. The topological polar surface area (TPSA) is 29.1 Å². The number of hydrogen-bond donors (Lipinski definition) is 1. The highest BCUT2D eigenvalue weighted by molar-refractivity contribution is 8.26. The van der Waals surface area contributed by atoms with Crippen LogP contribution in [0.15, 0.2) is 11.0 Å². The van der Waals surface area contributed by atoms with E-state index in [0.29, 0.717) is 10.2 Å². The van der Waals surface area contributed by atoms with Gasteiger partial charge in [0.2, 0.25) is 0 Å². The predicted octanol–water partition coefficient (Wildman–Crippen LogP) is 2.60. The zero-order chi connectivity index (χ0) is 9.97. The average Bonchev–Trinajstić information content (AvgIpc) is 2.47. The fourth-order valence-corrected chi connectivity index (χ4v) is 3.06. The van der Waals surface area contributed by atoms with Crippen molar-refractivity contribution in [3.63, 3.8) is 0 Å². The second-order valence-corrected chi connectivity index (χ2v) is 5.49. The molecule has 0 aromatic carbocycles. The van der Waals surface area contributed by atoms with Crippen LogP contribution < -0.4 is 5.32 Å². The van der Waals surface area contributed by atoms with E-state index in [1.165, 1.54) is 43.9 Å². The zero-order valence-electron chi connectivity index (χ0n) is 7.91. The second kappa shape index (κ2) is 4.45. The number of thioether (sulfide) groups is 1. The molecule has 1 heterocycles. The van der Waals surface area contributed by atoms with E-state index in [-0.39, 0.29) is 5.91 Å². The van der Waals surface area contributed by atoms with Gasteiger partial charge in [0.1, 0.15) is 4.32 Å². The van der Waals surface area contributed by atoms with Gasteiger partial charge in [-0.25, -0.2) is 0 Å². The third-order valence-corrected chi connectivity index (χ3v) is 3.86. The normalized spacial score (nSPS) is 27.0. The predicted molar refractivity (Wildman–Crippen MR) is 63.0 cm³/mol. The maximum atomic E-state index is 11.4. The van der Waals surface area contributed by atoms with Crippen molar-refractivity contribution in [2.24, 2.45) is 5.92 Å². The molecule has 2 aliphatic rings. The Labute approximate surface area is 93.5 Å². The molecular weight excluding hydrogens is 214 g/mol. The first-order chi connectivity index (χ1) is 6.75. The molecule has 0 spiro atoms. The maximum absolute atomic E-state index is 11.4. The SMILES string of the molecule is O=C1NC(=S)S/C1=C\C1CCCCC1. The first-order valence-electron chi connectivity index (χ1n) is 5.01. The summed E-state index contributed by atoms with van der Waals surface area (Å²) in [6, 6.07) is 0. The van der Waals surface area contributed by atoms with Crippen LogP contribution in [-0.4, -0.2) is 10.2 Å². The fourth-order valence-electron chi connectivity index (χ4n) is 1.95. The van der Waals surface area contributed by atoms with Crippen LogP contribution in [-0.2, 0) is 4.79 Å². The molecule has 2 fully saturated rings. The maximum Gasteiger partial charge on any atom is 0.263 e. The lowest BCUT2D eigenvalue weighted by Crippen LogP contribution is -2.18. The lowest BCUT2D eigenvalue weighted by Gasteiger charge is -2.18. The molecule has 1 aliphatic heterocycles. The van der Waals surface area contributed by atoms with Crippen molar-refractivity contribution in [3.05, 3.63) is 11.0 Å². The number of carbonyl (C=O) groups excluding carboxylic acids is 1. The highest BCUT2D eigenvalue weighted by atomic mass is 32.2. The Hall–Kier alpha value is -0.350. The van der Waals surface area contributed by atoms with E-state index in [9.17, 15) is 4.79 Å². The molecule has 76 valence electrons. The molecule has 1 amide bonds. The van der Waals surface area contributed by atoms with Gasteiger partial charge in [0.15, 0.2) is 0 Å². The van der Waals surface area contributed by atoms with Crippen molar-refractivity contribution in [1.82, 2.24) is 5.32 Å². The highest BCUT2D eigenvalue weighted by Gasteiger charge is 2.23. The van der Waals surface area contributed by atoms with Crippen LogP contribution in [0, 0.1) is 5.92 Å². The van der Waals surface area contributed by atoms with Crippen LogP contribution in [0.4, 0.5) is 0 Å². The molecule has 0 atom stereocenters. The Morgan fingerprint density at radius 1 is 1.36 bits per heavy atom. The standard InChI is InChI=1S/C10H13NOS2/c12-9-8(14-10(13)11-9)6-7-4-2-1-3-5-7/h6-7H,1-5H2,(H,11,12,13)/b8-6-. The minimum atomic E-state index is -0.00873. The van der Waals surface area contributed by atoms with Crippen molar-refractivity contribution in [2.75, 3.05) is 0 Å². The summed E-state index contributed by atoms with van der Waals surface area (Å²) in [5.74, 6) is 0.587. The van der Waals surface area contributed by atoms with E-state index in [2.05, 4.69) is 11.4 Å². The van der Waals surface area contributed by atoms with Gasteiger partial charge in [-0.3, -0.25) is 4.79 Å². The largest absolute Gasteiger partial charge is 0.307 e. The molecule has 1 saturated heterocycles. The molecule has 1 aliphatic carbocycles. The van der Waals surface area contributed by atoms with Gasteiger partial charge in [0, 0.05) is 0 Å². The van der Waals surface area contributed by atoms with E-state index < -0.39 is 0 Å². The molecule has 2 rings (SSSR count). The average molecular weight is 227 g/mol. The van der Waals surface area contributed by atoms with E-state index in [1.54, 1.807) is 0 Å². The van der Waals surface area contributed by atoms with Crippen molar-refractivity contribution in [2.45, 2.75) is 32.1 Å². The number of carbonyl (C=O) groups is 1.